The summed E-state index contributed by atoms with van der Waals surface area (Å²) >= 11 is 9.49. The van der Waals surface area contributed by atoms with Gasteiger partial charge in [-0.2, -0.15) is 0 Å². The van der Waals surface area contributed by atoms with Gasteiger partial charge >= 0.3 is 0 Å². The van der Waals surface area contributed by atoms with Gasteiger partial charge in [0, 0.05) is 15.0 Å². The number of rotatable bonds is 1. The van der Waals surface area contributed by atoms with E-state index in [2.05, 4.69) is 31.4 Å². The van der Waals surface area contributed by atoms with Gasteiger partial charge in [0.25, 0.3) is 0 Å². The average Bonchev–Trinajstić information content (AvgIpc) is 2.40. The van der Waals surface area contributed by atoms with Gasteiger partial charge < -0.3 is 0 Å². The molecule has 0 atom stereocenters. The SMILES string of the molecule is CSc1c(Cl)sc2ccc(C)cc12. The third kappa shape index (κ3) is 1.58. The summed E-state index contributed by atoms with van der Waals surface area (Å²) in [6.07, 6.45) is 2.07. The van der Waals surface area contributed by atoms with Crippen LogP contribution in [-0.4, -0.2) is 6.26 Å². The largest absolute Gasteiger partial charge is 0.127 e. The Kier molecular flexibility index (Phi) is 2.54. The van der Waals surface area contributed by atoms with Crippen LogP contribution in [0.15, 0.2) is 23.1 Å². The predicted octanol–water partition coefficient (Wildman–Crippen LogP) is 4.59. The lowest BCUT2D eigenvalue weighted by Crippen LogP contribution is -1.71. The van der Waals surface area contributed by atoms with E-state index in [0.717, 1.165) is 4.34 Å². The highest BCUT2D eigenvalue weighted by Crippen LogP contribution is 2.40. The van der Waals surface area contributed by atoms with E-state index in [-0.39, 0.29) is 0 Å². The van der Waals surface area contributed by atoms with Gasteiger partial charge in [0.05, 0.1) is 0 Å². The van der Waals surface area contributed by atoms with Crippen molar-refractivity contribution in [3.05, 3.63) is 28.1 Å². The van der Waals surface area contributed by atoms with Gasteiger partial charge in [-0.3, -0.25) is 0 Å². The fraction of sp³-hybridized carbons (Fsp3) is 0.200. The first kappa shape index (κ1) is 9.38. The van der Waals surface area contributed by atoms with Crippen molar-refractivity contribution < 1.29 is 0 Å². The molecule has 0 nitrogen and oxygen atoms in total. The second-order valence-electron chi connectivity index (χ2n) is 2.91. The van der Waals surface area contributed by atoms with Crippen molar-refractivity contribution in [1.82, 2.24) is 0 Å². The number of thiophene rings is 1. The molecule has 1 aromatic carbocycles. The van der Waals surface area contributed by atoms with Crippen molar-refractivity contribution in [2.75, 3.05) is 6.26 Å². The van der Waals surface area contributed by atoms with Crippen LogP contribution >= 0.6 is 34.7 Å². The lowest BCUT2D eigenvalue weighted by molar-refractivity contribution is 1.50. The zero-order valence-electron chi connectivity index (χ0n) is 7.43. The van der Waals surface area contributed by atoms with Gasteiger partial charge in [-0.25, -0.2) is 0 Å². The molecule has 0 saturated carbocycles. The van der Waals surface area contributed by atoms with Crippen LogP contribution in [0.3, 0.4) is 0 Å². The third-order valence-electron chi connectivity index (χ3n) is 1.96. The molecule has 0 fully saturated rings. The molecule has 0 radical (unpaired) electrons. The van der Waals surface area contributed by atoms with Crippen molar-refractivity contribution in [2.45, 2.75) is 11.8 Å². The Labute approximate surface area is 90.9 Å². The average molecular weight is 229 g/mol. The smallest absolute Gasteiger partial charge is 0.108 e. The highest BCUT2D eigenvalue weighted by atomic mass is 35.5. The normalized spacial score (nSPS) is 11.0. The molecule has 0 amide bonds. The minimum atomic E-state index is 0.910. The van der Waals surface area contributed by atoms with Crippen molar-refractivity contribution in [1.29, 1.82) is 0 Å². The minimum Gasteiger partial charge on any atom is -0.127 e. The molecule has 0 spiro atoms. The summed E-state index contributed by atoms with van der Waals surface area (Å²) in [6, 6.07) is 6.46. The van der Waals surface area contributed by atoms with Crippen LogP contribution < -0.4 is 0 Å². The molecule has 0 aliphatic carbocycles. The molecule has 0 bridgehead atoms. The second-order valence-corrected chi connectivity index (χ2v) is 5.38. The number of aryl methyl sites for hydroxylation is 1. The molecule has 68 valence electrons. The Morgan fingerprint density at radius 2 is 2.15 bits per heavy atom. The fourth-order valence-electron chi connectivity index (χ4n) is 1.35. The van der Waals surface area contributed by atoms with Gasteiger partial charge in [0.1, 0.15) is 4.34 Å². The van der Waals surface area contributed by atoms with Gasteiger partial charge in [-0.05, 0) is 25.3 Å². The zero-order chi connectivity index (χ0) is 9.42. The van der Waals surface area contributed by atoms with E-state index in [0.29, 0.717) is 0 Å². The van der Waals surface area contributed by atoms with E-state index >= 15 is 0 Å². The molecular weight excluding hydrogens is 220 g/mol. The van der Waals surface area contributed by atoms with Crippen molar-refractivity contribution in [3.8, 4) is 0 Å². The number of hydrogen-bond acceptors (Lipinski definition) is 2. The molecular formula is C10H9ClS2. The number of fused-ring (bicyclic) bond motifs is 1. The molecule has 0 aliphatic heterocycles. The Bertz CT molecular complexity index is 445. The first-order chi connectivity index (χ1) is 6.22. The molecule has 13 heavy (non-hydrogen) atoms. The maximum Gasteiger partial charge on any atom is 0.108 e. The Balaban J connectivity index is 2.80. The molecule has 1 heterocycles. The monoisotopic (exact) mass is 228 g/mol. The van der Waals surface area contributed by atoms with Crippen LogP contribution in [0, 0.1) is 6.92 Å². The highest BCUT2D eigenvalue weighted by Gasteiger charge is 2.08. The Morgan fingerprint density at radius 1 is 1.38 bits per heavy atom. The van der Waals surface area contributed by atoms with Crippen molar-refractivity contribution >= 4 is 44.8 Å². The second kappa shape index (κ2) is 3.52. The van der Waals surface area contributed by atoms with E-state index < -0.39 is 0 Å². The summed E-state index contributed by atoms with van der Waals surface area (Å²) in [5.41, 5.74) is 1.29. The maximum absolute atomic E-state index is 6.12. The fourth-order valence-corrected chi connectivity index (χ4v) is 3.72. The number of benzene rings is 1. The summed E-state index contributed by atoms with van der Waals surface area (Å²) < 4.78 is 2.19. The van der Waals surface area contributed by atoms with E-state index in [1.165, 1.54) is 20.5 Å². The van der Waals surface area contributed by atoms with Crippen LogP contribution in [0.1, 0.15) is 5.56 Å². The highest BCUT2D eigenvalue weighted by molar-refractivity contribution is 7.99. The minimum absolute atomic E-state index is 0.910. The molecule has 0 saturated heterocycles. The lowest BCUT2D eigenvalue weighted by atomic mass is 10.2. The van der Waals surface area contributed by atoms with Gasteiger partial charge in [-0.1, -0.05) is 23.2 Å². The van der Waals surface area contributed by atoms with E-state index in [9.17, 15) is 0 Å². The molecule has 1 aromatic heterocycles. The van der Waals surface area contributed by atoms with E-state index in [4.69, 9.17) is 11.6 Å². The summed E-state index contributed by atoms with van der Waals surface area (Å²) in [7, 11) is 0. The van der Waals surface area contributed by atoms with Crippen LogP contribution in [0.2, 0.25) is 4.34 Å². The molecule has 3 heteroatoms. The number of halogens is 1. The van der Waals surface area contributed by atoms with Crippen LogP contribution in [-0.2, 0) is 0 Å². The maximum atomic E-state index is 6.12. The molecule has 0 N–H and O–H groups in total. The summed E-state index contributed by atoms with van der Waals surface area (Å²) in [5, 5.41) is 1.29. The molecule has 2 aromatic rings. The summed E-state index contributed by atoms with van der Waals surface area (Å²) in [5.74, 6) is 0. The lowest BCUT2D eigenvalue weighted by Gasteiger charge is -1.95. The topological polar surface area (TPSA) is 0 Å². The van der Waals surface area contributed by atoms with E-state index in [1.54, 1.807) is 23.1 Å². The Morgan fingerprint density at radius 3 is 2.85 bits per heavy atom. The van der Waals surface area contributed by atoms with Gasteiger partial charge in [0.2, 0.25) is 0 Å². The third-order valence-corrected chi connectivity index (χ3v) is 4.42. The standard InChI is InChI=1S/C10H9ClS2/c1-6-3-4-8-7(5-6)9(12-2)10(11)13-8/h3-5H,1-2H3. The predicted molar refractivity (Wildman–Crippen MR) is 63.4 cm³/mol. The first-order valence-corrected chi connectivity index (χ1v) is 6.37. The van der Waals surface area contributed by atoms with Crippen LogP contribution in [0.5, 0.6) is 0 Å². The van der Waals surface area contributed by atoms with Crippen molar-refractivity contribution in [2.24, 2.45) is 0 Å². The number of hydrogen-bond donors (Lipinski definition) is 0. The quantitative estimate of drug-likeness (QED) is 0.644. The summed E-state index contributed by atoms with van der Waals surface area (Å²) in [4.78, 5) is 1.21. The van der Waals surface area contributed by atoms with Crippen LogP contribution in [0.25, 0.3) is 10.1 Å². The van der Waals surface area contributed by atoms with E-state index in [1.807, 2.05) is 0 Å². The molecule has 0 unspecified atom stereocenters. The van der Waals surface area contributed by atoms with Crippen LogP contribution in [0.4, 0.5) is 0 Å². The summed E-state index contributed by atoms with van der Waals surface area (Å²) in [6.45, 7) is 2.11. The van der Waals surface area contributed by atoms with Gasteiger partial charge in [-0.15, -0.1) is 23.1 Å². The number of thioether (sulfide) groups is 1. The molecule has 0 aliphatic rings. The Hall–Kier alpha value is -0.180. The van der Waals surface area contributed by atoms with Crippen molar-refractivity contribution in [3.63, 3.8) is 0 Å². The first-order valence-electron chi connectivity index (χ1n) is 3.95. The molecule has 2 rings (SSSR count). The zero-order valence-corrected chi connectivity index (χ0v) is 9.82. The van der Waals surface area contributed by atoms with Gasteiger partial charge in [0.15, 0.2) is 0 Å².